The van der Waals surface area contributed by atoms with Gasteiger partial charge in [-0.2, -0.15) is 0 Å². The normalized spacial score (nSPS) is 16.7. The van der Waals surface area contributed by atoms with Crippen LogP contribution in [-0.2, 0) is 6.54 Å². The summed E-state index contributed by atoms with van der Waals surface area (Å²) in [5.74, 6) is 0.934. The number of nitrogens with one attached hydrogen (secondary N) is 2. The lowest BCUT2D eigenvalue weighted by atomic mass is 10.0. The molecule has 1 saturated heterocycles. The third kappa shape index (κ3) is 3.17. The van der Waals surface area contributed by atoms with E-state index < -0.39 is 0 Å². The van der Waals surface area contributed by atoms with Crippen LogP contribution >= 0.6 is 0 Å². The van der Waals surface area contributed by atoms with Gasteiger partial charge in [-0.1, -0.05) is 0 Å². The van der Waals surface area contributed by atoms with Gasteiger partial charge in [0, 0.05) is 44.3 Å². The van der Waals surface area contributed by atoms with Crippen molar-refractivity contribution in [2.24, 2.45) is 0 Å². The number of anilines is 1. The lowest BCUT2D eigenvalue weighted by Crippen LogP contribution is -2.38. The third-order valence-corrected chi connectivity index (χ3v) is 4.44. The molecular weight excluding hydrogens is 288 g/mol. The fourth-order valence-corrected chi connectivity index (χ4v) is 3.16. The van der Waals surface area contributed by atoms with Crippen LogP contribution in [0, 0.1) is 0 Å². The Morgan fingerprint density at radius 2 is 1.96 bits per heavy atom. The van der Waals surface area contributed by atoms with E-state index in [2.05, 4.69) is 42.3 Å². The maximum Gasteiger partial charge on any atom is 0.142 e. The van der Waals surface area contributed by atoms with E-state index in [-0.39, 0.29) is 0 Å². The number of aromatic amines is 1. The highest BCUT2D eigenvalue weighted by Gasteiger charge is 2.20. The largest absolute Gasteiger partial charge is 0.367 e. The van der Waals surface area contributed by atoms with Gasteiger partial charge in [0.2, 0.25) is 0 Å². The summed E-state index contributed by atoms with van der Waals surface area (Å²) >= 11 is 0. The van der Waals surface area contributed by atoms with Crippen molar-refractivity contribution in [3.63, 3.8) is 0 Å². The average molecular weight is 308 g/mol. The van der Waals surface area contributed by atoms with Gasteiger partial charge in [0.15, 0.2) is 0 Å². The second kappa shape index (κ2) is 6.34. The molecule has 0 aromatic carbocycles. The summed E-state index contributed by atoms with van der Waals surface area (Å²) in [5.41, 5.74) is 2.22. The summed E-state index contributed by atoms with van der Waals surface area (Å²) in [6.45, 7) is 3.20. The number of hydrogen-bond donors (Lipinski definition) is 2. The van der Waals surface area contributed by atoms with Crippen LogP contribution in [-0.4, -0.2) is 44.0 Å². The summed E-state index contributed by atoms with van der Waals surface area (Å²) < 4.78 is 0. The minimum Gasteiger partial charge on any atom is -0.367 e. The number of piperidine rings is 1. The zero-order valence-electron chi connectivity index (χ0n) is 12.9. The fraction of sp³-hybridized carbons (Fsp3) is 0.353. The average Bonchev–Trinajstić information content (AvgIpc) is 3.07. The number of aromatic nitrogens is 4. The van der Waals surface area contributed by atoms with Crippen molar-refractivity contribution in [2.45, 2.75) is 25.4 Å². The minimum atomic E-state index is 0.469. The molecule has 1 aliphatic rings. The second-order valence-corrected chi connectivity index (χ2v) is 6.01. The van der Waals surface area contributed by atoms with Crippen molar-refractivity contribution >= 4 is 16.9 Å². The first kappa shape index (κ1) is 14.1. The molecule has 0 amide bonds. The van der Waals surface area contributed by atoms with Gasteiger partial charge in [-0.25, -0.2) is 9.97 Å². The van der Waals surface area contributed by atoms with Crippen LogP contribution in [0.15, 0.2) is 43.1 Å². The van der Waals surface area contributed by atoms with E-state index in [1.807, 2.05) is 24.7 Å². The monoisotopic (exact) mass is 308 g/mol. The van der Waals surface area contributed by atoms with Crippen molar-refractivity contribution in [3.05, 3.63) is 48.7 Å². The van der Waals surface area contributed by atoms with Gasteiger partial charge in [-0.15, -0.1) is 0 Å². The molecule has 4 rings (SSSR count). The highest BCUT2D eigenvalue weighted by atomic mass is 15.1. The maximum absolute atomic E-state index is 4.40. The number of likely N-dealkylation sites (tertiary alicyclic amines) is 1. The van der Waals surface area contributed by atoms with Crippen LogP contribution in [0.4, 0.5) is 5.82 Å². The van der Waals surface area contributed by atoms with Gasteiger partial charge in [0.25, 0.3) is 0 Å². The predicted molar refractivity (Wildman–Crippen MR) is 90.0 cm³/mol. The summed E-state index contributed by atoms with van der Waals surface area (Å²) in [7, 11) is 0. The van der Waals surface area contributed by atoms with Gasteiger partial charge in [-0.05, 0) is 36.6 Å². The van der Waals surface area contributed by atoms with E-state index in [0.717, 1.165) is 49.3 Å². The molecule has 1 aliphatic heterocycles. The Morgan fingerprint density at radius 1 is 1.13 bits per heavy atom. The van der Waals surface area contributed by atoms with Gasteiger partial charge < -0.3 is 10.3 Å². The Balaban J connectivity index is 1.36. The van der Waals surface area contributed by atoms with Gasteiger partial charge >= 0.3 is 0 Å². The molecule has 1 fully saturated rings. The molecule has 3 aromatic rings. The Morgan fingerprint density at radius 3 is 2.78 bits per heavy atom. The van der Waals surface area contributed by atoms with E-state index in [1.165, 1.54) is 5.56 Å². The quantitative estimate of drug-likeness (QED) is 0.774. The molecule has 6 nitrogen and oxygen atoms in total. The molecule has 2 N–H and O–H groups in total. The second-order valence-electron chi connectivity index (χ2n) is 6.01. The van der Waals surface area contributed by atoms with Crippen molar-refractivity contribution < 1.29 is 0 Å². The molecule has 0 spiro atoms. The lowest BCUT2D eigenvalue weighted by molar-refractivity contribution is 0.211. The number of H-pyrrole nitrogens is 1. The SMILES string of the molecule is c1cc(CN2CCC(Nc3ncnc4[nH]ccc34)CC2)ccn1. The first-order valence-electron chi connectivity index (χ1n) is 8.04. The molecule has 118 valence electrons. The van der Waals surface area contributed by atoms with E-state index in [0.29, 0.717) is 6.04 Å². The zero-order valence-corrected chi connectivity index (χ0v) is 12.9. The van der Waals surface area contributed by atoms with Gasteiger partial charge in [0.05, 0.1) is 5.39 Å². The summed E-state index contributed by atoms with van der Waals surface area (Å²) in [6.07, 6.45) is 9.49. The summed E-state index contributed by atoms with van der Waals surface area (Å²) in [4.78, 5) is 18.3. The van der Waals surface area contributed by atoms with Crippen molar-refractivity contribution in [1.82, 2.24) is 24.8 Å². The van der Waals surface area contributed by atoms with Crippen LogP contribution in [0.5, 0.6) is 0 Å². The molecule has 0 atom stereocenters. The highest BCUT2D eigenvalue weighted by molar-refractivity contribution is 5.86. The molecule has 6 heteroatoms. The van der Waals surface area contributed by atoms with Crippen LogP contribution in [0.3, 0.4) is 0 Å². The molecule has 0 radical (unpaired) electrons. The smallest absolute Gasteiger partial charge is 0.142 e. The minimum absolute atomic E-state index is 0.469. The molecule has 4 heterocycles. The third-order valence-electron chi connectivity index (χ3n) is 4.44. The van der Waals surface area contributed by atoms with Crippen molar-refractivity contribution in [2.75, 3.05) is 18.4 Å². The van der Waals surface area contributed by atoms with Crippen LogP contribution in [0.1, 0.15) is 18.4 Å². The Labute approximate surface area is 135 Å². The number of fused-ring (bicyclic) bond motifs is 1. The lowest BCUT2D eigenvalue weighted by Gasteiger charge is -2.32. The molecule has 0 aliphatic carbocycles. The van der Waals surface area contributed by atoms with Crippen molar-refractivity contribution in [1.29, 1.82) is 0 Å². The number of hydrogen-bond acceptors (Lipinski definition) is 5. The standard InChI is InChI=1S/C17H20N6/c1-6-18-7-2-13(1)11-23-9-4-14(5-10-23)22-17-15-3-8-19-16(15)20-12-21-17/h1-3,6-8,12,14H,4-5,9-11H2,(H2,19,20,21,22). The van der Waals surface area contributed by atoms with Gasteiger partial charge in [0.1, 0.15) is 17.8 Å². The van der Waals surface area contributed by atoms with E-state index >= 15 is 0 Å². The molecule has 0 bridgehead atoms. The topological polar surface area (TPSA) is 69.7 Å². The Hall–Kier alpha value is -2.47. The number of rotatable bonds is 4. The molecule has 3 aromatic heterocycles. The Kier molecular flexibility index (Phi) is 3.90. The Bertz CT molecular complexity index is 761. The van der Waals surface area contributed by atoms with E-state index in [1.54, 1.807) is 6.33 Å². The fourth-order valence-electron chi connectivity index (χ4n) is 3.16. The van der Waals surface area contributed by atoms with Crippen LogP contribution < -0.4 is 5.32 Å². The van der Waals surface area contributed by atoms with E-state index in [4.69, 9.17) is 0 Å². The maximum atomic E-state index is 4.40. The molecule has 0 unspecified atom stereocenters. The van der Waals surface area contributed by atoms with Gasteiger partial charge in [-0.3, -0.25) is 9.88 Å². The van der Waals surface area contributed by atoms with Crippen molar-refractivity contribution in [3.8, 4) is 0 Å². The zero-order chi connectivity index (χ0) is 15.5. The summed E-state index contributed by atoms with van der Waals surface area (Å²) in [5, 5.41) is 4.65. The number of nitrogens with zero attached hydrogens (tertiary/aromatic N) is 4. The first-order chi connectivity index (χ1) is 11.4. The molecule has 23 heavy (non-hydrogen) atoms. The van der Waals surface area contributed by atoms with Crippen LogP contribution in [0.2, 0.25) is 0 Å². The summed E-state index contributed by atoms with van der Waals surface area (Å²) in [6, 6.07) is 6.68. The number of pyridine rings is 1. The highest BCUT2D eigenvalue weighted by Crippen LogP contribution is 2.22. The van der Waals surface area contributed by atoms with Crippen LogP contribution in [0.25, 0.3) is 11.0 Å². The van der Waals surface area contributed by atoms with E-state index in [9.17, 15) is 0 Å². The predicted octanol–water partition coefficient (Wildman–Crippen LogP) is 2.43. The molecule has 0 saturated carbocycles. The first-order valence-corrected chi connectivity index (χ1v) is 8.04. The molecular formula is C17H20N6.